The number of likely N-dealkylation sites (N-methyl/N-ethyl adjacent to an activating group) is 1. The van der Waals surface area contributed by atoms with Crippen LogP contribution in [0.5, 0.6) is 0 Å². The van der Waals surface area contributed by atoms with Crippen LogP contribution in [0.15, 0.2) is 37.1 Å². The van der Waals surface area contributed by atoms with Gasteiger partial charge in [-0.3, -0.25) is 19.4 Å². The Morgan fingerprint density at radius 3 is 2.31 bits per heavy atom. The zero-order valence-electron chi connectivity index (χ0n) is 37.3. The van der Waals surface area contributed by atoms with Gasteiger partial charge in [0, 0.05) is 74.8 Å². The van der Waals surface area contributed by atoms with Crippen LogP contribution in [0.2, 0.25) is 0 Å². The molecule has 2 saturated heterocycles. The molecular weight excluding hydrogens is 759 g/mol. The fraction of sp³-hybridized carbons (Fsp3) is 0.727. The maximum absolute atomic E-state index is 14.7. The molecule has 0 bridgehead atoms. The summed E-state index contributed by atoms with van der Waals surface area (Å²) in [5.74, 6) is -5.01. The van der Waals surface area contributed by atoms with Crippen LogP contribution in [0.4, 0.5) is 4.79 Å². The lowest BCUT2D eigenvalue weighted by Crippen LogP contribution is -2.59. The number of imidazole rings is 1. The number of fused-ring (bicyclic) bond motifs is 1. The average molecular weight is 828 g/mol. The van der Waals surface area contributed by atoms with E-state index in [4.69, 9.17) is 23.7 Å². The number of unbranched alkanes of at least 4 members (excludes halogenated alkanes) is 1. The van der Waals surface area contributed by atoms with E-state index in [0.29, 0.717) is 32.4 Å². The van der Waals surface area contributed by atoms with Crippen LogP contribution < -0.4 is 0 Å². The molecule has 15 heteroatoms. The van der Waals surface area contributed by atoms with E-state index >= 15 is 0 Å². The Hall–Kier alpha value is -3.76. The lowest BCUT2D eigenvalue weighted by Gasteiger charge is -2.45. The number of aliphatic hydroxyl groups is 1. The molecule has 2 aliphatic rings. The maximum atomic E-state index is 14.7. The van der Waals surface area contributed by atoms with Gasteiger partial charge in [0.2, 0.25) is 0 Å². The van der Waals surface area contributed by atoms with E-state index in [2.05, 4.69) is 9.97 Å². The number of ketones is 2. The number of rotatable bonds is 16. The van der Waals surface area contributed by atoms with Crippen LogP contribution in [0, 0.1) is 23.7 Å². The van der Waals surface area contributed by atoms with Crippen molar-refractivity contribution in [2.45, 2.75) is 149 Å². The van der Waals surface area contributed by atoms with E-state index in [9.17, 15) is 24.3 Å². The third kappa shape index (κ3) is 10.6. The second kappa shape index (κ2) is 20.7. The Balaban J connectivity index is 1.67. The van der Waals surface area contributed by atoms with Crippen LogP contribution >= 0.6 is 0 Å². The van der Waals surface area contributed by atoms with Gasteiger partial charge in [0.05, 0.1) is 29.8 Å². The molecule has 0 aliphatic carbocycles. The van der Waals surface area contributed by atoms with Gasteiger partial charge in [-0.1, -0.05) is 34.6 Å². The van der Waals surface area contributed by atoms with Crippen molar-refractivity contribution in [2.75, 3.05) is 34.4 Å². The fourth-order valence-corrected chi connectivity index (χ4v) is 9.25. The highest BCUT2D eigenvalue weighted by atomic mass is 16.7. The monoisotopic (exact) mass is 828 g/mol. The van der Waals surface area contributed by atoms with Crippen LogP contribution in [-0.4, -0.2) is 135 Å². The van der Waals surface area contributed by atoms with Crippen LogP contribution in [0.1, 0.15) is 94.4 Å². The molecule has 2 aliphatic heterocycles. The Labute approximate surface area is 350 Å². The summed E-state index contributed by atoms with van der Waals surface area (Å²) in [7, 11) is 5.21. The van der Waals surface area contributed by atoms with E-state index in [1.165, 1.54) is 14.0 Å². The predicted molar refractivity (Wildman–Crippen MR) is 221 cm³/mol. The normalized spacial score (nSPS) is 31.4. The largest absolute Gasteiger partial charge is 0.458 e. The van der Waals surface area contributed by atoms with Gasteiger partial charge in [0.15, 0.2) is 17.7 Å². The van der Waals surface area contributed by atoms with Gasteiger partial charge >= 0.3 is 12.1 Å². The van der Waals surface area contributed by atoms with Crippen molar-refractivity contribution in [1.82, 2.24) is 24.3 Å². The molecule has 2 fully saturated rings. The maximum Gasteiger partial charge on any atom is 0.410 e. The number of amides is 1. The standard InChI is InChI=1S/C44H69N5O10/c1-13-33(47(10)11)37(52)41(56-15-3)58-39-29(6)36(51)30(7)40(53)57-34(14-2)44(9)38(28(5)35(50)27(4)23-43(39,8)55-12)49(42(54)59-44)22-17-16-21-48-25-32(46-26-48)31-19-18-20-45-24-31/h18-20,24-30,33-34,37-39,41,52H,13-17,21-23H2,1-12H3/t27-,28+,29+,30-,33?,34-,37?,38-,39-,41+,43-,44-/m1/s1. The number of aliphatic hydroxyl groups excluding tert-OH is 1. The lowest BCUT2D eigenvalue weighted by molar-refractivity contribution is -0.265. The molecule has 2 aromatic heterocycles. The summed E-state index contributed by atoms with van der Waals surface area (Å²) in [6, 6.07) is 2.68. The number of carbonyl (C=O) groups excluding carboxylic acids is 4. The molecule has 4 heterocycles. The molecule has 4 rings (SSSR count). The summed E-state index contributed by atoms with van der Waals surface area (Å²) in [6.45, 7) is 17.0. The van der Waals surface area contributed by atoms with Crippen molar-refractivity contribution >= 4 is 23.6 Å². The summed E-state index contributed by atoms with van der Waals surface area (Å²) in [6.07, 6.45) is 4.59. The number of aromatic nitrogens is 3. The molecule has 2 unspecified atom stereocenters. The quantitative estimate of drug-likeness (QED) is 0.0966. The van der Waals surface area contributed by atoms with Crippen molar-refractivity contribution in [3.63, 3.8) is 0 Å². The number of aryl methyl sites for hydroxylation is 1. The first-order valence-corrected chi connectivity index (χ1v) is 21.2. The van der Waals surface area contributed by atoms with Gasteiger partial charge < -0.3 is 43.2 Å². The molecule has 1 amide bonds. The molecule has 59 heavy (non-hydrogen) atoms. The predicted octanol–water partition coefficient (Wildman–Crippen LogP) is 5.57. The number of ether oxygens (including phenoxy) is 5. The fourth-order valence-electron chi connectivity index (χ4n) is 9.25. The number of nitrogens with zero attached hydrogens (tertiary/aromatic N) is 5. The van der Waals surface area contributed by atoms with Crippen molar-refractivity contribution in [3.05, 3.63) is 37.1 Å². The number of carbonyl (C=O) groups is 4. The van der Waals surface area contributed by atoms with Gasteiger partial charge in [-0.25, -0.2) is 9.78 Å². The van der Waals surface area contributed by atoms with E-state index in [0.717, 1.165) is 11.3 Å². The highest BCUT2D eigenvalue weighted by molar-refractivity contribution is 6.00. The second-order valence-electron chi connectivity index (χ2n) is 17.0. The van der Waals surface area contributed by atoms with Gasteiger partial charge in [0.1, 0.15) is 23.9 Å². The van der Waals surface area contributed by atoms with Crippen LogP contribution in [0.25, 0.3) is 11.3 Å². The van der Waals surface area contributed by atoms with Gasteiger partial charge in [-0.05, 0) is 86.0 Å². The Kier molecular flexibility index (Phi) is 16.8. The number of pyridine rings is 1. The number of hydrogen-bond donors (Lipinski definition) is 1. The van der Waals surface area contributed by atoms with Crippen molar-refractivity contribution in [2.24, 2.45) is 23.7 Å². The zero-order valence-corrected chi connectivity index (χ0v) is 37.3. The Morgan fingerprint density at radius 1 is 1.02 bits per heavy atom. The third-order valence-corrected chi connectivity index (χ3v) is 12.6. The molecule has 1 N–H and O–H groups in total. The highest BCUT2D eigenvalue weighted by Gasteiger charge is 2.60. The average Bonchev–Trinajstić information content (AvgIpc) is 3.79. The summed E-state index contributed by atoms with van der Waals surface area (Å²) in [5.41, 5.74) is -0.962. The number of hydrogen-bond acceptors (Lipinski definition) is 13. The molecule has 0 radical (unpaired) electrons. The Morgan fingerprint density at radius 2 is 1.71 bits per heavy atom. The molecule has 0 aromatic carbocycles. The first kappa shape index (κ1) is 47.9. The molecular formula is C44H69N5O10. The highest BCUT2D eigenvalue weighted by Crippen LogP contribution is 2.43. The lowest BCUT2D eigenvalue weighted by atomic mass is 9.73. The van der Waals surface area contributed by atoms with Crippen molar-refractivity contribution < 1.29 is 48.0 Å². The van der Waals surface area contributed by atoms with Crippen LogP contribution in [0.3, 0.4) is 0 Å². The molecule has 15 nitrogen and oxygen atoms in total. The van der Waals surface area contributed by atoms with E-state index in [1.807, 2.05) is 62.7 Å². The zero-order chi connectivity index (χ0) is 43.8. The van der Waals surface area contributed by atoms with E-state index in [1.54, 1.807) is 58.2 Å². The van der Waals surface area contributed by atoms with Crippen molar-refractivity contribution in [1.29, 1.82) is 0 Å². The van der Waals surface area contributed by atoms with E-state index < -0.39 is 83.4 Å². The summed E-state index contributed by atoms with van der Waals surface area (Å²) < 4.78 is 33.1. The summed E-state index contributed by atoms with van der Waals surface area (Å²) in [5, 5.41) is 11.6. The third-order valence-electron chi connectivity index (χ3n) is 12.6. The molecule has 0 spiro atoms. The molecule has 330 valence electrons. The SMILES string of the molecule is CCO[C@@H](O[C@@H]1[C@@H](C)C(=O)[C@@H](C)C(=O)O[C@H](CC)[C@@]2(C)OC(=O)N(CCCCn3cnc(-c4cccnc4)c3)[C@@H]2[C@@H](C)C(=O)[C@H](C)C[C@@]1(C)OC)C(O)C(CC)N(C)C. The first-order valence-electron chi connectivity index (χ1n) is 21.2. The van der Waals surface area contributed by atoms with Gasteiger partial charge in [-0.2, -0.15) is 0 Å². The van der Waals surface area contributed by atoms with Gasteiger partial charge in [0.25, 0.3) is 0 Å². The van der Waals surface area contributed by atoms with Gasteiger partial charge in [-0.15, -0.1) is 0 Å². The minimum atomic E-state index is -1.41. The number of methoxy groups -OCH3 is 1. The minimum absolute atomic E-state index is 0.120. The topological polar surface area (TPSA) is 172 Å². The van der Waals surface area contributed by atoms with E-state index in [-0.39, 0.29) is 31.3 Å². The van der Waals surface area contributed by atoms with Crippen LogP contribution in [-0.2, 0) is 44.6 Å². The van der Waals surface area contributed by atoms with Crippen molar-refractivity contribution in [3.8, 4) is 11.3 Å². The minimum Gasteiger partial charge on any atom is -0.458 e. The molecule has 2 aromatic rings. The first-order chi connectivity index (χ1) is 27.9. The molecule has 12 atom stereocenters. The number of cyclic esters (lactones) is 1. The number of Topliss-reactive ketones (excluding diaryl/α,β-unsaturated/α-hetero) is 2. The second-order valence-corrected chi connectivity index (χ2v) is 17.0. The smallest absolute Gasteiger partial charge is 0.410 e. The number of esters is 1. The summed E-state index contributed by atoms with van der Waals surface area (Å²) in [4.78, 5) is 69.1. The summed E-state index contributed by atoms with van der Waals surface area (Å²) >= 11 is 0. The Bertz CT molecular complexity index is 1710. The molecule has 0 saturated carbocycles.